The molecule has 5 atom stereocenters. The average molecular weight is 1280 g/mol. The Kier molecular flexibility index (Phi) is 56.6. The number of rotatable bonds is 65. The van der Waals surface area contributed by atoms with Crippen LogP contribution >= 0.6 is 15.6 Å². The number of aliphatic hydroxyl groups is 1. The fourth-order valence-electron chi connectivity index (χ4n) is 10.1. The second kappa shape index (κ2) is 57.9. The summed E-state index contributed by atoms with van der Waals surface area (Å²) in [7, 11) is -9.90. The maximum Gasteiger partial charge on any atom is 0.472 e. The minimum absolute atomic E-state index is 0.103. The van der Waals surface area contributed by atoms with Crippen LogP contribution in [0.25, 0.3) is 0 Å². The van der Waals surface area contributed by atoms with Gasteiger partial charge in [0.15, 0.2) is 12.2 Å². The molecule has 0 saturated carbocycles. The van der Waals surface area contributed by atoms with E-state index in [2.05, 4.69) is 55.4 Å². The fraction of sp³-hybridized carbons (Fsp3) is 0.941. The van der Waals surface area contributed by atoms with E-state index in [0.29, 0.717) is 31.6 Å². The van der Waals surface area contributed by atoms with E-state index in [1.54, 1.807) is 0 Å². The van der Waals surface area contributed by atoms with Gasteiger partial charge in [0, 0.05) is 25.7 Å². The third-order valence-corrected chi connectivity index (χ3v) is 17.5. The Hall–Kier alpha value is -1.94. The standard InChI is InChI=1S/C68H132O17P2/c1-58(2)44-36-28-20-13-9-11-15-24-32-40-48-65(70)78-55-64(85-68(73)51-43-35-27-19-23-31-39-47-61(7)8)57-83-87(76,77)81-53-62(69)52-80-86(74,75)82-56-63(54-79-66(71)49-41-33-25-18-17-22-30-38-46-60(5)6)84-67(72)50-42-34-26-16-12-10-14-21-29-37-45-59(3)4/h58-64,69H,9-57H2,1-8H3,(H,74,75)(H,76,77)/t62?,63-,64-/m1/s1. The number of esters is 4. The first-order valence-corrected chi connectivity index (χ1v) is 38.2. The summed E-state index contributed by atoms with van der Waals surface area (Å²) in [6.07, 6.45) is 39.0. The lowest BCUT2D eigenvalue weighted by Crippen LogP contribution is -2.30. The van der Waals surface area contributed by atoms with Gasteiger partial charge in [0.25, 0.3) is 0 Å². The maximum absolute atomic E-state index is 13.0. The van der Waals surface area contributed by atoms with Gasteiger partial charge in [-0.3, -0.25) is 37.3 Å². The number of carbonyl (C=O) groups excluding carboxylic acids is 4. The predicted molar refractivity (Wildman–Crippen MR) is 349 cm³/mol. The van der Waals surface area contributed by atoms with Crippen LogP contribution in [0.1, 0.15) is 331 Å². The zero-order valence-corrected chi connectivity index (χ0v) is 58.4. The second-order valence-electron chi connectivity index (χ2n) is 26.5. The van der Waals surface area contributed by atoms with Crippen LogP contribution in [0.5, 0.6) is 0 Å². The minimum atomic E-state index is -4.95. The summed E-state index contributed by atoms with van der Waals surface area (Å²) in [5.41, 5.74) is 0. The molecular formula is C68H132O17P2. The molecule has 3 N–H and O–H groups in total. The van der Waals surface area contributed by atoms with E-state index >= 15 is 0 Å². The number of hydrogen-bond donors (Lipinski definition) is 3. The molecule has 0 rings (SSSR count). The van der Waals surface area contributed by atoms with E-state index in [-0.39, 0.29) is 25.7 Å². The highest BCUT2D eigenvalue weighted by atomic mass is 31.2. The third kappa shape index (κ3) is 62.6. The van der Waals surface area contributed by atoms with E-state index < -0.39 is 97.5 Å². The molecule has 0 heterocycles. The maximum atomic E-state index is 13.0. The SMILES string of the molecule is CC(C)CCCCCCCCCCCCC(=O)OC[C@H](COP(=O)(O)OCC(O)COP(=O)(O)OC[C@@H](COC(=O)CCCCCCCCCCC(C)C)OC(=O)CCCCCCCCCCCCC(C)C)OC(=O)CCCCCCCCCC(C)C. The molecule has 0 radical (unpaired) electrons. The Labute approximate surface area is 530 Å². The van der Waals surface area contributed by atoms with Crippen LogP contribution in [0, 0.1) is 23.7 Å². The van der Waals surface area contributed by atoms with Crippen molar-refractivity contribution in [2.45, 2.75) is 350 Å². The lowest BCUT2D eigenvalue weighted by molar-refractivity contribution is -0.161. The number of phosphoric acid groups is 2. The molecule has 0 aliphatic heterocycles. The summed E-state index contributed by atoms with van der Waals surface area (Å²) in [5, 5.41) is 10.6. The first kappa shape index (κ1) is 85.1. The molecule has 0 saturated heterocycles. The van der Waals surface area contributed by atoms with Crippen molar-refractivity contribution < 1.29 is 80.2 Å². The third-order valence-electron chi connectivity index (χ3n) is 15.6. The molecule has 0 spiro atoms. The molecule has 17 nitrogen and oxygen atoms in total. The van der Waals surface area contributed by atoms with Crippen LogP contribution < -0.4 is 0 Å². The number of ether oxygens (including phenoxy) is 4. The number of unbranched alkanes of at least 4 members (excludes halogenated alkanes) is 31. The van der Waals surface area contributed by atoms with Gasteiger partial charge >= 0.3 is 39.5 Å². The molecule has 516 valence electrons. The Morgan fingerprint density at radius 2 is 0.483 bits per heavy atom. The summed E-state index contributed by atoms with van der Waals surface area (Å²) < 4.78 is 68.2. The highest BCUT2D eigenvalue weighted by Gasteiger charge is 2.30. The monoisotopic (exact) mass is 1280 g/mol. The summed E-state index contributed by atoms with van der Waals surface area (Å²) in [4.78, 5) is 72.4. The van der Waals surface area contributed by atoms with Gasteiger partial charge in [-0.1, -0.05) is 280 Å². The Balaban J connectivity index is 5.25. The van der Waals surface area contributed by atoms with E-state index in [4.69, 9.17) is 37.0 Å². The molecule has 0 amide bonds. The van der Waals surface area contributed by atoms with Gasteiger partial charge in [0.1, 0.15) is 19.3 Å². The molecular weight excluding hydrogens is 1150 g/mol. The molecule has 0 aromatic rings. The van der Waals surface area contributed by atoms with Crippen LogP contribution in [0.15, 0.2) is 0 Å². The lowest BCUT2D eigenvalue weighted by atomic mass is 10.0. The van der Waals surface area contributed by atoms with E-state index in [9.17, 15) is 43.2 Å². The molecule has 0 fully saturated rings. The van der Waals surface area contributed by atoms with Crippen LogP contribution in [0.4, 0.5) is 0 Å². The lowest BCUT2D eigenvalue weighted by Gasteiger charge is -2.21. The molecule has 0 aromatic carbocycles. The van der Waals surface area contributed by atoms with Gasteiger partial charge in [-0.2, -0.15) is 0 Å². The zero-order chi connectivity index (χ0) is 64.7. The first-order valence-electron chi connectivity index (χ1n) is 35.2. The van der Waals surface area contributed by atoms with Crippen LogP contribution in [0.2, 0.25) is 0 Å². The molecule has 0 aliphatic rings. The van der Waals surface area contributed by atoms with Crippen molar-refractivity contribution in [1.82, 2.24) is 0 Å². The molecule has 19 heteroatoms. The predicted octanol–water partition coefficient (Wildman–Crippen LogP) is 18.9. The van der Waals surface area contributed by atoms with Gasteiger partial charge in [0.05, 0.1) is 26.4 Å². The largest absolute Gasteiger partial charge is 0.472 e. The van der Waals surface area contributed by atoms with Crippen molar-refractivity contribution in [3.63, 3.8) is 0 Å². The van der Waals surface area contributed by atoms with Crippen molar-refractivity contribution in [3.05, 3.63) is 0 Å². The van der Waals surface area contributed by atoms with Crippen LogP contribution in [-0.4, -0.2) is 96.7 Å². The van der Waals surface area contributed by atoms with Gasteiger partial charge in [-0.05, 0) is 49.4 Å². The fourth-order valence-corrected chi connectivity index (χ4v) is 11.7. The normalized spacial score (nSPS) is 14.3. The number of carbonyl (C=O) groups is 4. The number of aliphatic hydroxyl groups excluding tert-OH is 1. The van der Waals surface area contributed by atoms with Crippen molar-refractivity contribution in [2.75, 3.05) is 39.6 Å². The van der Waals surface area contributed by atoms with Gasteiger partial charge in [-0.25, -0.2) is 9.13 Å². The van der Waals surface area contributed by atoms with E-state index in [1.807, 2.05) is 0 Å². The smallest absolute Gasteiger partial charge is 0.462 e. The van der Waals surface area contributed by atoms with Crippen molar-refractivity contribution in [2.24, 2.45) is 23.7 Å². The zero-order valence-electron chi connectivity index (χ0n) is 56.6. The second-order valence-corrected chi connectivity index (χ2v) is 29.4. The average Bonchev–Trinajstić information content (AvgIpc) is 3.62. The highest BCUT2D eigenvalue weighted by molar-refractivity contribution is 7.47. The Morgan fingerprint density at radius 1 is 0.287 bits per heavy atom. The molecule has 0 aromatic heterocycles. The quantitative estimate of drug-likeness (QED) is 0.0222. The van der Waals surface area contributed by atoms with E-state index in [0.717, 1.165) is 108 Å². The Morgan fingerprint density at radius 3 is 0.713 bits per heavy atom. The number of phosphoric ester groups is 2. The molecule has 0 aliphatic carbocycles. The summed E-state index contributed by atoms with van der Waals surface area (Å²) >= 11 is 0. The highest BCUT2D eigenvalue weighted by Crippen LogP contribution is 2.45. The molecule has 87 heavy (non-hydrogen) atoms. The van der Waals surface area contributed by atoms with Crippen molar-refractivity contribution >= 4 is 39.5 Å². The summed E-state index contributed by atoms with van der Waals surface area (Å²) in [6, 6.07) is 0. The van der Waals surface area contributed by atoms with Gasteiger partial charge in [-0.15, -0.1) is 0 Å². The topological polar surface area (TPSA) is 237 Å². The van der Waals surface area contributed by atoms with Gasteiger partial charge in [0.2, 0.25) is 0 Å². The molecule has 3 unspecified atom stereocenters. The minimum Gasteiger partial charge on any atom is -0.462 e. The molecule has 0 bridgehead atoms. The van der Waals surface area contributed by atoms with Gasteiger partial charge < -0.3 is 33.8 Å². The summed E-state index contributed by atoms with van der Waals surface area (Å²) in [6.45, 7) is 14.0. The van der Waals surface area contributed by atoms with Crippen molar-refractivity contribution in [3.8, 4) is 0 Å². The number of hydrogen-bond acceptors (Lipinski definition) is 15. The van der Waals surface area contributed by atoms with E-state index in [1.165, 1.54) is 135 Å². The Bertz CT molecular complexity index is 1730. The first-order chi connectivity index (χ1) is 41.6. The van der Waals surface area contributed by atoms with Crippen molar-refractivity contribution in [1.29, 1.82) is 0 Å². The van der Waals surface area contributed by atoms with Crippen LogP contribution in [-0.2, 0) is 65.4 Å². The van der Waals surface area contributed by atoms with Crippen LogP contribution in [0.3, 0.4) is 0 Å². The summed E-state index contributed by atoms with van der Waals surface area (Å²) in [5.74, 6) is 0.798.